The lowest BCUT2D eigenvalue weighted by molar-refractivity contribution is 0.101. The summed E-state index contributed by atoms with van der Waals surface area (Å²) in [6.07, 6.45) is 3.32. The van der Waals surface area contributed by atoms with Crippen LogP contribution in [0.5, 0.6) is 0 Å². The molecule has 0 aliphatic carbocycles. The summed E-state index contributed by atoms with van der Waals surface area (Å²) in [7, 11) is 0. The van der Waals surface area contributed by atoms with Crippen molar-refractivity contribution in [3.8, 4) is 0 Å². The Labute approximate surface area is 126 Å². The van der Waals surface area contributed by atoms with Gasteiger partial charge in [-0.3, -0.25) is 9.78 Å². The number of hydrogen-bond donors (Lipinski definition) is 1. The molecule has 5 heteroatoms. The summed E-state index contributed by atoms with van der Waals surface area (Å²) in [4.78, 5) is 19.8. The summed E-state index contributed by atoms with van der Waals surface area (Å²) in [6, 6.07) is 11.1. The van der Waals surface area contributed by atoms with Crippen LogP contribution in [0.3, 0.4) is 0 Å². The number of nitrogens with one attached hydrogen (secondary N) is 1. The number of nitrogens with zero attached hydrogens (tertiary/aromatic N) is 2. The molecular weight excluding hydrogens is 286 g/mol. The monoisotopic (exact) mass is 297 g/mol. The quantitative estimate of drug-likeness (QED) is 0.735. The first-order chi connectivity index (χ1) is 10.1. The van der Waals surface area contributed by atoms with Crippen LogP contribution in [0.2, 0.25) is 5.02 Å². The number of ketones is 1. The van der Waals surface area contributed by atoms with E-state index < -0.39 is 0 Å². The molecule has 0 aliphatic heterocycles. The van der Waals surface area contributed by atoms with Crippen molar-refractivity contribution in [3.63, 3.8) is 0 Å². The molecule has 1 aromatic carbocycles. The minimum absolute atomic E-state index is 0.0763. The van der Waals surface area contributed by atoms with Crippen molar-refractivity contribution < 1.29 is 4.79 Å². The van der Waals surface area contributed by atoms with Gasteiger partial charge in [0, 0.05) is 35.4 Å². The lowest BCUT2D eigenvalue weighted by Gasteiger charge is -2.09. The molecule has 0 saturated heterocycles. The first-order valence-corrected chi connectivity index (χ1v) is 6.79. The van der Waals surface area contributed by atoms with Gasteiger partial charge >= 0.3 is 0 Å². The predicted octanol–water partition coefficient (Wildman–Crippen LogP) is 4.23. The summed E-state index contributed by atoms with van der Waals surface area (Å²) in [5.74, 6) is 0.614. The van der Waals surface area contributed by atoms with E-state index in [1.807, 2.05) is 24.3 Å². The summed E-state index contributed by atoms with van der Waals surface area (Å²) < 4.78 is 0. The Morgan fingerprint density at radius 1 is 1.10 bits per heavy atom. The van der Waals surface area contributed by atoms with Crippen LogP contribution in [-0.2, 0) is 0 Å². The normalized spacial score (nSPS) is 10.6. The van der Waals surface area contributed by atoms with Gasteiger partial charge in [-0.15, -0.1) is 0 Å². The molecule has 3 aromatic rings. The van der Waals surface area contributed by atoms with E-state index in [0.717, 1.165) is 16.5 Å². The molecule has 0 aliphatic rings. The van der Waals surface area contributed by atoms with Crippen LogP contribution in [0.15, 0.2) is 48.8 Å². The maximum atomic E-state index is 11.4. The second kappa shape index (κ2) is 5.50. The smallest absolute Gasteiger partial charge is 0.178 e. The molecule has 0 radical (unpaired) electrons. The highest BCUT2D eigenvalue weighted by atomic mass is 35.5. The van der Waals surface area contributed by atoms with E-state index in [-0.39, 0.29) is 5.78 Å². The Bertz CT molecular complexity index is 833. The molecule has 21 heavy (non-hydrogen) atoms. The number of aromatic nitrogens is 2. The molecule has 0 saturated carbocycles. The second-order valence-electron chi connectivity index (χ2n) is 4.64. The molecule has 3 rings (SSSR count). The van der Waals surface area contributed by atoms with Crippen LogP contribution in [0, 0.1) is 0 Å². The van der Waals surface area contributed by atoms with Crippen LogP contribution >= 0.6 is 11.6 Å². The number of pyridine rings is 2. The Morgan fingerprint density at radius 3 is 2.71 bits per heavy atom. The third kappa shape index (κ3) is 2.85. The van der Waals surface area contributed by atoms with Gasteiger partial charge in [-0.25, -0.2) is 4.98 Å². The Kier molecular flexibility index (Phi) is 3.54. The van der Waals surface area contributed by atoms with E-state index in [4.69, 9.17) is 11.6 Å². The minimum atomic E-state index is -0.0763. The molecule has 0 unspecified atom stereocenters. The van der Waals surface area contributed by atoms with E-state index in [1.165, 1.54) is 6.92 Å². The minimum Gasteiger partial charge on any atom is -0.340 e. The van der Waals surface area contributed by atoms with Crippen LogP contribution in [0.4, 0.5) is 11.5 Å². The second-order valence-corrected chi connectivity index (χ2v) is 5.07. The Balaban J connectivity index is 2.04. The number of rotatable bonds is 3. The van der Waals surface area contributed by atoms with Crippen molar-refractivity contribution in [3.05, 3.63) is 59.5 Å². The van der Waals surface area contributed by atoms with Crippen molar-refractivity contribution in [2.24, 2.45) is 0 Å². The molecular formula is C16H12ClN3O. The zero-order chi connectivity index (χ0) is 14.8. The van der Waals surface area contributed by atoms with Gasteiger partial charge in [0.25, 0.3) is 0 Å². The first kappa shape index (κ1) is 13.5. The molecule has 1 N–H and O–H groups in total. The number of benzene rings is 1. The first-order valence-electron chi connectivity index (χ1n) is 6.42. The highest BCUT2D eigenvalue weighted by molar-refractivity contribution is 6.31. The summed E-state index contributed by atoms with van der Waals surface area (Å²) in [6.45, 7) is 1.49. The lowest BCUT2D eigenvalue weighted by Crippen LogP contribution is -1.99. The van der Waals surface area contributed by atoms with Crippen molar-refractivity contribution in [2.45, 2.75) is 6.92 Å². The SMILES string of the molecule is CC(=O)c1cc(Nc2nccc3ccc(Cl)cc23)ccn1. The molecule has 4 nitrogen and oxygen atoms in total. The third-order valence-corrected chi connectivity index (χ3v) is 3.35. The van der Waals surface area contributed by atoms with Crippen molar-refractivity contribution >= 4 is 39.7 Å². The topological polar surface area (TPSA) is 54.9 Å². The number of halogens is 1. The maximum absolute atomic E-state index is 11.4. The van der Waals surface area contributed by atoms with Crippen LogP contribution < -0.4 is 5.32 Å². The molecule has 2 heterocycles. The maximum Gasteiger partial charge on any atom is 0.178 e. The van der Waals surface area contributed by atoms with E-state index in [1.54, 1.807) is 24.5 Å². The van der Waals surface area contributed by atoms with Crippen LogP contribution in [-0.4, -0.2) is 15.8 Å². The van der Waals surface area contributed by atoms with E-state index in [0.29, 0.717) is 16.5 Å². The number of hydrogen-bond acceptors (Lipinski definition) is 4. The third-order valence-electron chi connectivity index (χ3n) is 3.11. The molecule has 104 valence electrons. The van der Waals surface area contributed by atoms with Gasteiger partial charge in [0.15, 0.2) is 5.78 Å². The fourth-order valence-electron chi connectivity index (χ4n) is 2.08. The highest BCUT2D eigenvalue weighted by Crippen LogP contribution is 2.27. The van der Waals surface area contributed by atoms with Gasteiger partial charge in [-0.05, 0) is 35.7 Å². The number of anilines is 2. The Morgan fingerprint density at radius 2 is 1.90 bits per heavy atom. The number of fused-ring (bicyclic) bond motifs is 1. The van der Waals surface area contributed by atoms with Crippen molar-refractivity contribution in [1.82, 2.24) is 9.97 Å². The van der Waals surface area contributed by atoms with Gasteiger partial charge in [0.1, 0.15) is 11.5 Å². The highest BCUT2D eigenvalue weighted by Gasteiger charge is 2.06. The summed E-state index contributed by atoms with van der Waals surface area (Å²) >= 11 is 6.05. The van der Waals surface area contributed by atoms with Crippen molar-refractivity contribution in [2.75, 3.05) is 5.32 Å². The molecule has 0 atom stereocenters. The standard InChI is InChI=1S/C16H12ClN3O/c1-10(21)15-9-13(5-7-18-15)20-16-14-8-12(17)3-2-11(14)4-6-19-16/h2-9H,1H3,(H,18,19,20). The van der Waals surface area contributed by atoms with Crippen molar-refractivity contribution in [1.29, 1.82) is 0 Å². The van der Waals surface area contributed by atoms with Gasteiger partial charge < -0.3 is 5.32 Å². The number of carbonyl (C=O) groups excluding carboxylic acids is 1. The van der Waals surface area contributed by atoms with Gasteiger partial charge in [-0.2, -0.15) is 0 Å². The van der Waals surface area contributed by atoms with Gasteiger partial charge in [0.2, 0.25) is 0 Å². The Hall–Kier alpha value is -2.46. The predicted molar refractivity (Wildman–Crippen MR) is 84.3 cm³/mol. The fraction of sp³-hybridized carbons (Fsp3) is 0.0625. The van der Waals surface area contributed by atoms with Gasteiger partial charge in [-0.1, -0.05) is 17.7 Å². The largest absolute Gasteiger partial charge is 0.340 e. The lowest BCUT2D eigenvalue weighted by atomic mass is 10.1. The number of Topliss-reactive ketones (excluding diaryl/α,β-unsaturated/α-hetero) is 1. The zero-order valence-corrected chi connectivity index (χ0v) is 12.1. The molecule has 0 spiro atoms. The number of carbonyl (C=O) groups is 1. The fourth-order valence-corrected chi connectivity index (χ4v) is 2.25. The molecule has 2 aromatic heterocycles. The summed E-state index contributed by atoms with van der Waals surface area (Å²) in [5.41, 5.74) is 1.17. The van der Waals surface area contributed by atoms with E-state index in [2.05, 4.69) is 15.3 Å². The van der Waals surface area contributed by atoms with Crippen LogP contribution in [0.25, 0.3) is 10.8 Å². The average Bonchev–Trinajstić information content (AvgIpc) is 2.48. The molecule has 0 fully saturated rings. The van der Waals surface area contributed by atoms with E-state index >= 15 is 0 Å². The van der Waals surface area contributed by atoms with Gasteiger partial charge in [0.05, 0.1) is 0 Å². The molecule has 0 bridgehead atoms. The summed E-state index contributed by atoms with van der Waals surface area (Å²) in [5, 5.41) is 5.82. The molecule has 0 amide bonds. The zero-order valence-electron chi connectivity index (χ0n) is 11.3. The van der Waals surface area contributed by atoms with E-state index in [9.17, 15) is 4.79 Å². The van der Waals surface area contributed by atoms with Crippen LogP contribution in [0.1, 0.15) is 17.4 Å². The average molecular weight is 298 g/mol.